The lowest BCUT2D eigenvalue weighted by molar-refractivity contribution is -0.137. The molecule has 1 aliphatic heterocycles. The average Bonchev–Trinajstić information content (AvgIpc) is 2.70. The van der Waals surface area contributed by atoms with Crippen LogP contribution in [0.5, 0.6) is 0 Å². The van der Waals surface area contributed by atoms with E-state index < -0.39 is 11.7 Å². The molecule has 1 fully saturated rings. The van der Waals surface area contributed by atoms with Gasteiger partial charge < -0.3 is 4.90 Å². The quantitative estimate of drug-likeness (QED) is 0.647. The molecule has 1 saturated heterocycles. The van der Waals surface area contributed by atoms with Crippen LogP contribution in [0.15, 0.2) is 47.7 Å². The summed E-state index contributed by atoms with van der Waals surface area (Å²) in [5, 5.41) is 0.944. The first-order chi connectivity index (χ1) is 13.8. The molecule has 4 rings (SSSR count). The molecule has 0 saturated carbocycles. The zero-order valence-corrected chi connectivity index (χ0v) is 16.0. The van der Waals surface area contributed by atoms with Crippen LogP contribution in [0.3, 0.4) is 0 Å². The molecule has 1 aromatic carbocycles. The normalized spacial score (nSPS) is 15.8. The van der Waals surface area contributed by atoms with Gasteiger partial charge in [0.15, 0.2) is 0 Å². The van der Waals surface area contributed by atoms with Gasteiger partial charge in [0.2, 0.25) is 0 Å². The molecule has 0 amide bonds. The number of hydrogen-bond donors (Lipinski definition) is 0. The van der Waals surface area contributed by atoms with Crippen LogP contribution in [0, 0.1) is 0 Å². The fourth-order valence-corrected chi connectivity index (χ4v) is 3.48. The van der Waals surface area contributed by atoms with Crippen LogP contribution in [0.2, 0.25) is 5.02 Å². The van der Waals surface area contributed by atoms with Gasteiger partial charge in [0.1, 0.15) is 5.82 Å². The lowest BCUT2D eigenvalue weighted by Gasteiger charge is -2.35. The minimum Gasteiger partial charge on any atom is -0.354 e. The Balaban J connectivity index is 1.42. The van der Waals surface area contributed by atoms with Crippen LogP contribution in [0.4, 0.5) is 19.0 Å². The molecule has 0 unspecified atom stereocenters. The van der Waals surface area contributed by atoms with E-state index in [-0.39, 0.29) is 5.56 Å². The van der Waals surface area contributed by atoms with Crippen molar-refractivity contribution < 1.29 is 13.2 Å². The number of alkyl halides is 3. The second kappa shape index (κ2) is 7.64. The summed E-state index contributed by atoms with van der Waals surface area (Å²) in [6, 6.07) is 7.44. The van der Waals surface area contributed by atoms with Crippen LogP contribution in [-0.2, 0) is 12.8 Å². The van der Waals surface area contributed by atoms with Crippen molar-refractivity contribution in [2.45, 2.75) is 12.8 Å². The summed E-state index contributed by atoms with van der Waals surface area (Å²) in [6.45, 7) is 2.86. The molecule has 0 bridgehead atoms. The number of nitrogens with zero attached hydrogens (tertiary/aromatic N) is 5. The summed E-state index contributed by atoms with van der Waals surface area (Å²) in [7, 11) is 0. The first-order valence-electron chi connectivity index (χ1n) is 8.96. The fourth-order valence-electron chi connectivity index (χ4n) is 3.31. The molecule has 0 radical (unpaired) electrons. The summed E-state index contributed by atoms with van der Waals surface area (Å²) >= 11 is 5.98. The monoisotopic (exact) mass is 423 g/mol. The third-order valence-corrected chi connectivity index (χ3v) is 5.15. The molecule has 10 heteroatoms. The van der Waals surface area contributed by atoms with Crippen molar-refractivity contribution in [2.24, 2.45) is 0 Å². The van der Waals surface area contributed by atoms with Gasteiger partial charge in [-0.05, 0) is 30.3 Å². The highest BCUT2D eigenvalue weighted by molar-refractivity contribution is 6.31. The Morgan fingerprint density at radius 1 is 1.03 bits per heavy atom. The smallest absolute Gasteiger partial charge is 0.354 e. The topological polar surface area (TPSA) is 54.3 Å². The number of anilines is 1. The van der Waals surface area contributed by atoms with Gasteiger partial charge in [-0.1, -0.05) is 11.6 Å². The lowest BCUT2D eigenvalue weighted by atomic mass is 10.2. The third kappa shape index (κ3) is 4.20. The Kier molecular flexibility index (Phi) is 5.18. The maximum absolute atomic E-state index is 12.7. The third-order valence-electron chi connectivity index (χ3n) is 4.91. The van der Waals surface area contributed by atoms with Crippen molar-refractivity contribution in [3.63, 3.8) is 0 Å². The van der Waals surface area contributed by atoms with E-state index in [2.05, 4.69) is 14.9 Å². The van der Waals surface area contributed by atoms with E-state index in [1.807, 2.05) is 4.90 Å². The Bertz CT molecular complexity index is 1080. The van der Waals surface area contributed by atoms with Crippen LogP contribution in [0.1, 0.15) is 5.56 Å². The fraction of sp³-hybridized carbons (Fsp3) is 0.316. The molecule has 0 N–H and O–H groups in total. The molecule has 3 aromatic rings. The van der Waals surface area contributed by atoms with Crippen molar-refractivity contribution in [1.82, 2.24) is 19.4 Å². The Hall–Kier alpha value is -2.65. The minimum absolute atomic E-state index is 0.163. The van der Waals surface area contributed by atoms with Crippen molar-refractivity contribution in [3.8, 4) is 0 Å². The highest BCUT2D eigenvalue weighted by atomic mass is 35.5. The van der Waals surface area contributed by atoms with Crippen LogP contribution in [-0.4, -0.2) is 45.6 Å². The highest BCUT2D eigenvalue weighted by Gasteiger charge is 2.31. The summed E-state index contributed by atoms with van der Waals surface area (Å²) < 4.78 is 39.5. The zero-order valence-electron chi connectivity index (χ0n) is 15.2. The number of benzene rings is 1. The average molecular weight is 424 g/mol. The van der Waals surface area contributed by atoms with Crippen LogP contribution >= 0.6 is 11.6 Å². The molecule has 3 heterocycles. The van der Waals surface area contributed by atoms with Crippen molar-refractivity contribution in [1.29, 1.82) is 0 Å². The van der Waals surface area contributed by atoms with Gasteiger partial charge >= 0.3 is 6.18 Å². The van der Waals surface area contributed by atoms with Gasteiger partial charge in [-0.3, -0.25) is 14.3 Å². The molecular formula is C19H17ClF3N5O. The molecule has 2 aromatic heterocycles. The first-order valence-corrected chi connectivity index (χ1v) is 9.34. The zero-order chi connectivity index (χ0) is 20.6. The number of hydrogen-bond acceptors (Lipinski definition) is 5. The minimum atomic E-state index is -4.39. The predicted octanol–water partition coefficient (Wildman–Crippen LogP) is 3.24. The summed E-state index contributed by atoms with van der Waals surface area (Å²) in [5.41, 5.74) is -0.332. The second-order valence-corrected chi connectivity index (χ2v) is 7.27. The van der Waals surface area contributed by atoms with E-state index in [0.29, 0.717) is 54.6 Å². The summed E-state index contributed by atoms with van der Waals surface area (Å²) in [4.78, 5) is 24.9. The Morgan fingerprint density at radius 2 is 1.79 bits per heavy atom. The van der Waals surface area contributed by atoms with Gasteiger partial charge in [-0.15, -0.1) is 0 Å². The number of halogens is 4. The standard InChI is InChI=1S/C19H17ClF3N5O/c20-14-2-3-16-15(9-14)18(29)28(11-25-16)12-26-5-7-27(8-6-26)17-4-1-13(10-24-17)19(21,22)23/h1-4,9-11H,5-8,12H2. The second-order valence-electron chi connectivity index (χ2n) is 6.83. The number of pyridine rings is 1. The lowest BCUT2D eigenvalue weighted by Crippen LogP contribution is -2.48. The Labute approximate surface area is 169 Å². The Morgan fingerprint density at radius 3 is 2.45 bits per heavy atom. The maximum atomic E-state index is 12.7. The van der Waals surface area contributed by atoms with Crippen LogP contribution in [0.25, 0.3) is 10.9 Å². The number of piperazine rings is 1. The number of rotatable bonds is 3. The van der Waals surface area contributed by atoms with Crippen molar-refractivity contribution in [2.75, 3.05) is 31.1 Å². The molecule has 152 valence electrons. The predicted molar refractivity (Wildman–Crippen MR) is 104 cm³/mol. The highest BCUT2D eigenvalue weighted by Crippen LogP contribution is 2.29. The van der Waals surface area contributed by atoms with Gasteiger partial charge in [-0.2, -0.15) is 13.2 Å². The maximum Gasteiger partial charge on any atom is 0.417 e. The molecule has 0 spiro atoms. The van der Waals surface area contributed by atoms with E-state index in [1.54, 1.807) is 18.2 Å². The van der Waals surface area contributed by atoms with E-state index >= 15 is 0 Å². The first kappa shape index (κ1) is 19.7. The molecule has 6 nitrogen and oxygen atoms in total. The van der Waals surface area contributed by atoms with E-state index in [0.717, 1.165) is 12.3 Å². The van der Waals surface area contributed by atoms with Gasteiger partial charge in [0.25, 0.3) is 5.56 Å². The molecular weight excluding hydrogens is 407 g/mol. The largest absolute Gasteiger partial charge is 0.417 e. The van der Waals surface area contributed by atoms with Gasteiger partial charge in [-0.25, -0.2) is 9.97 Å². The van der Waals surface area contributed by atoms with Gasteiger partial charge in [0.05, 0.1) is 29.5 Å². The van der Waals surface area contributed by atoms with Gasteiger partial charge in [0, 0.05) is 37.4 Å². The van der Waals surface area contributed by atoms with Crippen molar-refractivity contribution >= 4 is 28.3 Å². The van der Waals surface area contributed by atoms with Crippen molar-refractivity contribution in [3.05, 3.63) is 63.8 Å². The summed E-state index contributed by atoms with van der Waals surface area (Å²) in [6.07, 6.45) is -2.02. The van der Waals surface area contributed by atoms with E-state index in [9.17, 15) is 18.0 Å². The molecule has 1 aliphatic rings. The van der Waals surface area contributed by atoms with E-state index in [1.165, 1.54) is 17.0 Å². The number of aromatic nitrogens is 3. The van der Waals surface area contributed by atoms with Crippen LogP contribution < -0.4 is 10.5 Å². The summed E-state index contributed by atoms with van der Waals surface area (Å²) in [5.74, 6) is 0.511. The SMILES string of the molecule is O=c1c2cc(Cl)ccc2ncn1CN1CCN(c2ccc(C(F)(F)F)cn2)CC1. The molecule has 29 heavy (non-hydrogen) atoms. The molecule has 0 aliphatic carbocycles. The van der Waals surface area contributed by atoms with E-state index in [4.69, 9.17) is 11.6 Å². The number of fused-ring (bicyclic) bond motifs is 1. The molecule has 0 atom stereocenters.